The molecular weight excluding hydrogens is 312 g/mol. The van der Waals surface area contributed by atoms with Gasteiger partial charge in [-0.05, 0) is 43.5 Å². The summed E-state index contributed by atoms with van der Waals surface area (Å²) >= 11 is 5.72. The van der Waals surface area contributed by atoms with Gasteiger partial charge in [-0.1, -0.05) is 17.7 Å². The van der Waals surface area contributed by atoms with Crippen molar-refractivity contribution in [3.05, 3.63) is 40.2 Å². The van der Waals surface area contributed by atoms with E-state index in [9.17, 15) is 8.42 Å². The summed E-state index contributed by atoms with van der Waals surface area (Å²) < 4.78 is 27.4. The number of halogens is 1. The number of hydrogen-bond donors (Lipinski definition) is 2. The molecule has 0 unspecified atom stereocenters. The van der Waals surface area contributed by atoms with Crippen LogP contribution in [0.5, 0.6) is 0 Å². The zero-order valence-electron chi connectivity index (χ0n) is 11.8. The second-order valence-electron chi connectivity index (χ2n) is 4.69. The molecule has 8 heteroatoms. The Morgan fingerprint density at radius 1 is 1.24 bits per heavy atom. The van der Waals surface area contributed by atoms with Gasteiger partial charge in [0, 0.05) is 11.9 Å². The van der Waals surface area contributed by atoms with E-state index in [0.717, 1.165) is 5.56 Å². The molecule has 6 nitrogen and oxygen atoms in total. The minimum absolute atomic E-state index is 0.0829. The van der Waals surface area contributed by atoms with Gasteiger partial charge in [-0.3, -0.25) is 0 Å². The van der Waals surface area contributed by atoms with Crippen molar-refractivity contribution < 1.29 is 8.42 Å². The van der Waals surface area contributed by atoms with E-state index in [4.69, 9.17) is 17.3 Å². The van der Waals surface area contributed by atoms with Crippen LogP contribution in [0.25, 0.3) is 0 Å². The second-order valence-corrected chi connectivity index (χ2v) is 6.69. The standard InChI is InChI=1S/C13H15ClN4O2S/c1-7-6-8(2)12(9(3)11(7)15)21(19,20)18-13-16-5-4-10(14)17-13/h4-6H,15H2,1-3H3,(H,16,17,18). The van der Waals surface area contributed by atoms with Crippen molar-refractivity contribution >= 4 is 33.3 Å². The fourth-order valence-electron chi connectivity index (χ4n) is 2.15. The number of aromatic nitrogens is 2. The van der Waals surface area contributed by atoms with Gasteiger partial charge in [0.2, 0.25) is 5.95 Å². The number of aryl methyl sites for hydroxylation is 2. The van der Waals surface area contributed by atoms with Gasteiger partial charge in [0.25, 0.3) is 10.0 Å². The van der Waals surface area contributed by atoms with Crippen LogP contribution in [-0.2, 0) is 10.0 Å². The van der Waals surface area contributed by atoms with Crippen LogP contribution >= 0.6 is 11.6 Å². The monoisotopic (exact) mass is 326 g/mol. The van der Waals surface area contributed by atoms with E-state index in [1.165, 1.54) is 12.3 Å². The van der Waals surface area contributed by atoms with E-state index in [1.807, 2.05) is 6.92 Å². The Bertz CT molecular complexity index is 806. The number of rotatable bonds is 3. The molecule has 0 saturated heterocycles. The van der Waals surface area contributed by atoms with Gasteiger partial charge in [0.1, 0.15) is 5.15 Å². The minimum Gasteiger partial charge on any atom is -0.398 e. The largest absolute Gasteiger partial charge is 0.398 e. The molecule has 0 radical (unpaired) electrons. The summed E-state index contributed by atoms with van der Waals surface area (Å²) in [6.07, 6.45) is 1.37. The average molecular weight is 327 g/mol. The third-order valence-corrected chi connectivity index (χ3v) is 4.90. The van der Waals surface area contributed by atoms with Crippen LogP contribution in [0.1, 0.15) is 16.7 Å². The Balaban J connectivity index is 2.53. The number of hydrogen-bond acceptors (Lipinski definition) is 5. The fraction of sp³-hybridized carbons (Fsp3) is 0.231. The van der Waals surface area contributed by atoms with Gasteiger partial charge >= 0.3 is 0 Å². The summed E-state index contributed by atoms with van der Waals surface area (Å²) in [5.74, 6) is -0.0829. The molecule has 0 aliphatic rings. The normalized spacial score (nSPS) is 11.4. The highest BCUT2D eigenvalue weighted by atomic mass is 35.5. The molecule has 0 saturated carbocycles. The summed E-state index contributed by atoms with van der Waals surface area (Å²) in [7, 11) is -3.84. The van der Waals surface area contributed by atoms with Gasteiger partial charge < -0.3 is 5.73 Å². The lowest BCUT2D eigenvalue weighted by Crippen LogP contribution is -2.18. The molecule has 0 bridgehead atoms. The van der Waals surface area contributed by atoms with Crippen molar-refractivity contribution in [2.24, 2.45) is 0 Å². The number of sulfonamides is 1. The number of nitrogens with zero attached hydrogens (tertiary/aromatic N) is 2. The number of nitrogens with two attached hydrogens (primary N) is 1. The molecule has 0 fully saturated rings. The topological polar surface area (TPSA) is 98.0 Å². The van der Waals surface area contributed by atoms with E-state index in [0.29, 0.717) is 16.8 Å². The van der Waals surface area contributed by atoms with Crippen molar-refractivity contribution in [2.45, 2.75) is 25.7 Å². The van der Waals surface area contributed by atoms with Crippen LogP contribution in [0.3, 0.4) is 0 Å². The fourth-order valence-corrected chi connectivity index (χ4v) is 3.73. The first-order valence-corrected chi connectivity index (χ1v) is 7.96. The Labute approximate surface area is 128 Å². The summed E-state index contributed by atoms with van der Waals surface area (Å²) in [5.41, 5.74) is 8.32. The maximum atomic E-state index is 12.5. The van der Waals surface area contributed by atoms with Crippen molar-refractivity contribution in [1.29, 1.82) is 0 Å². The molecule has 2 rings (SSSR count). The molecule has 0 spiro atoms. The number of nitrogen functional groups attached to an aromatic ring is 1. The van der Waals surface area contributed by atoms with Crippen molar-refractivity contribution in [3.63, 3.8) is 0 Å². The van der Waals surface area contributed by atoms with Crippen LogP contribution in [0.4, 0.5) is 11.6 Å². The predicted octanol–water partition coefficient (Wildman–Crippen LogP) is 2.44. The van der Waals surface area contributed by atoms with Crippen molar-refractivity contribution in [3.8, 4) is 0 Å². The lowest BCUT2D eigenvalue weighted by Gasteiger charge is -2.15. The first-order chi connectivity index (χ1) is 9.72. The molecule has 21 heavy (non-hydrogen) atoms. The predicted molar refractivity (Wildman–Crippen MR) is 82.9 cm³/mol. The van der Waals surface area contributed by atoms with Crippen LogP contribution in [0.15, 0.2) is 23.2 Å². The summed E-state index contributed by atoms with van der Waals surface area (Å²) in [6.45, 7) is 5.22. The summed E-state index contributed by atoms with van der Waals surface area (Å²) in [5, 5.41) is 0.152. The molecule has 3 N–H and O–H groups in total. The smallest absolute Gasteiger partial charge is 0.264 e. The molecule has 1 aromatic heterocycles. The molecule has 1 aromatic carbocycles. The zero-order valence-corrected chi connectivity index (χ0v) is 13.4. The summed E-state index contributed by atoms with van der Waals surface area (Å²) in [4.78, 5) is 7.78. The first-order valence-electron chi connectivity index (χ1n) is 6.10. The van der Waals surface area contributed by atoms with Gasteiger partial charge in [0.05, 0.1) is 4.90 Å². The molecule has 0 atom stereocenters. The van der Waals surface area contributed by atoms with Crippen molar-refractivity contribution in [1.82, 2.24) is 9.97 Å². The summed E-state index contributed by atoms with van der Waals surface area (Å²) in [6, 6.07) is 3.19. The van der Waals surface area contributed by atoms with E-state index in [1.54, 1.807) is 19.9 Å². The molecule has 0 amide bonds. The van der Waals surface area contributed by atoms with Crippen LogP contribution in [0, 0.1) is 20.8 Å². The zero-order chi connectivity index (χ0) is 15.8. The Hall–Kier alpha value is -1.86. The third-order valence-electron chi connectivity index (χ3n) is 3.08. The SMILES string of the molecule is Cc1cc(C)c(S(=O)(=O)Nc2nccc(Cl)n2)c(C)c1N. The number of benzene rings is 1. The van der Waals surface area contributed by atoms with Gasteiger partial charge in [-0.2, -0.15) is 0 Å². The Morgan fingerprint density at radius 2 is 1.90 bits per heavy atom. The van der Waals surface area contributed by atoms with E-state index >= 15 is 0 Å². The van der Waals surface area contributed by atoms with E-state index < -0.39 is 10.0 Å². The second kappa shape index (κ2) is 5.50. The average Bonchev–Trinajstić information content (AvgIpc) is 2.35. The maximum absolute atomic E-state index is 12.5. The minimum atomic E-state index is -3.84. The highest BCUT2D eigenvalue weighted by Gasteiger charge is 2.23. The molecule has 1 heterocycles. The van der Waals surface area contributed by atoms with E-state index in [-0.39, 0.29) is 16.0 Å². The van der Waals surface area contributed by atoms with Gasteiger partial charge in [-0.15, -0.1) is 0 Å². The van der Waals surface area contributed by atoms with Crippen LogP contribution in [-0.4, -0.2) is 18.4 Å². The lowest BCUT2D eigenvalue weighted by molar-refractivity contribution is 0.599. The number of nitrogens with one attached hydrogen (secondary N) is 1. The maximum Gasteiger partial charge on any atom is 0.264 e. The van der Waals surface area contributed by atoms with Crippen LogP contribution < -0.4 is 10.5 Å². The molecular formula is C13H15ClN4O2S. The van der Waals surface area contributed by atoms with Crippen molar-refractivity contribution in [2.75, 3.05) is 10.5 Å². The highest BCUT2D eigenvalue weighted by Crippen LogP contribution is 2.29. The molecule has 2 aromatic rings. The molecule has 112 valence electrons. The number of anilines is 2. The third kappa shape index (κ3) is 3.08. The Morgan fingerprint density at radius 3 is 2.52 bits per heavy atom. The van der Waals surface area contributed by atoms with Crippen LogP contribution in [0.2, 0.25) is 5.15 Å². The lowest BCUT2D eigenvalue weighted by atomic mass is 10.1. The highest BCUT2D eigenvalue weighted by molar-refractivity contribution is 7.92. The molecule has 0 aliphatic carbocycles. The molecule has 0 aliphatic heterocycles. The Kier molecular flexibility index (Phi) is 4.06. The quantitative estimate of drug-likeness (QED) is 0.666. The van der Waals surface area contributed by atoms with Gasteiger partial charge in [0.15, 0.2) is 0 Å². The van der Waals surface area contributed by atoms with Gasteiger partial charge in [-0.25, -0.2) is 23.1 Å². The first kappa shape index (κ1) is 15.5. The van der Waals surface area contributed by atoms with E-state index in [2.05, 4.69) is 14.7 Å².